The standard InChI is InChI=1S/C9H21N.C8H7F3O.C7H12ClN/c1-4-7-10-8-6-9(3)5-2;1-6-2-4-7(5-3-6)12-8(9,10)11;1-4-7(8)6(2)5-9-3/h9-10H,4-8H2,1-3H3;2-5H,1H3;5H,4H2,1-3H3/b;;7-6+,9-5?. The van der Waals surface area contributed by atoms with E-state index < -0.39 is 6.36 Å². The third-order valence-corrected chi connectivity index (χ3v) is 4.82. The van der Waals surface area contributed by atoms with Crippen LogP contribution in [-0.2, 0) is 0 Å². The van der Waals surface area contributed by atoms with Crippen molar-refractivity contribution in [2.24, 2.45) is 10.9 Å². The summed E-state index contributed by atoms with van der Waals surface area (Å²) < 4.78 is 38.5. The minimum absolute atomic E-state index is 0.187. The summed E-state index contributed by atoms with van der Waals surface area (Å²) in [6.07, 6.45) is 1.95. The highest BCUT2D eigenvalue weighted by molar-refractivity contribution is 6.31. The molecule has 1 N–H and O–H groups in total. The van der Waals surface area contributed by atoms with Crippen LogP contribution in [-0.4, -0.2) is 32.7 Å². The fourth-order valence-corrected chi connectivity index (χ4v) is 2.19. The molecule has 0 aromatic heterocycles. The molecule has 0 radical (unpaired) electrons. The maximum absolute atomic E-state index is 11.6. The predicted molar refractivity (Wildman–Crippen MR) is 128 cm³/mol. The molecular formula is C24H40ClF3N2O. The number of alkyl halides is 3. The summed E-state index contributed by atoms with van der Waals surface area (Å²) in [7, 11) is 1.74. The smallest absolute Gasteiger partial charge is 0.406 e. The lowest BCUT2D eigenvalue weighted by Gasteiger charge is -2.08. The van der Waals surface area contributed by atoms with E-state index in [-0.39, 0.29) is 5.75 Å². The molecular weight excluding hydrogens is 425 g/mol. The van der Waals surface area contributed by atoms with Crippen LogP contribution in [0.4, 0.5) is 13.2 Å². The van der Waals surface area contributed by atoms with Crippen LogP contribution in [0.2, 0.25) is 0 Å². The van der Waals surface area contributed by atoms with Crippen LogP contribution in [0.1, 0.15) is 65.9 Å². The van der Waals surface area contributed by atoms with Crippen LogP contribution < -0.4 is 10.1 Å². The molecule has 0 fully saturated rings. The van der Waals surface area contributed by atoms with Crippen molar-refractivity contribution in [2.45, 2.75) is 73.6 Å². The molecule has 1 atom stereocenters. The maximum atomic E-state index is 11.6. The zero-order valence-electron chi connectivity index (χ0n) is 20.1. The second-order valence-electron chi connectivity index (χ2n) is 7.24. The number of benzene rings is 1. The van der Waals surface area contributed by atoms with E-state index in [1.165, 1.54) is 44.5 Å². The third-order valence-electron chi connectivity index (χ3n) is 4.25. The topological polar surface area (TPSA) is 33.6 Å². The summed E-state index contributed by atoms with van der Waals surface area (Å²) in [4.78, 5) is 3.84. The minimum atomic E-state index is -4.60. The molecule has 0 aliphatic carbocycles. The highest BCUT2D eigenvalue weighted by Crippen LogP contribution is 2.22. The highest BCUT2D eigenvalue weighted by Gasteiger charge is 2.30. The van der Waals surface area contributed by atoms with E-state index in [9.17, 15) is 13.2 Å². The molecule has 3 nitrogen and oxygen atoms in total. The second kappa shape index (κ2) is 19.2. The van der Waals surface area contributed by atoms with Gasteiger partial charge in [0, 0.05) is 18.3 Å². The third kappa shape index (κ3) is 21.5. The zero-order valence-corrected chi connectivity index (χ0v) is 20.8. The lowest BCUT2D eigenvalue weighted by atomic mass is 10.1. The van der Waals surface area contributed by atoms with Crippen LogP contribution in [0, 0.1) is 12.8 Å². The van der Waals surface area contributed by atoms with Gasteiger partial charge in [-0.15, -0.1) is 13.2 Å². The fourth-order valence-electron chi connectivity index (χ4n) is 2.14. The lowest BCUT2D eigenvalue weighted by molar-refractivity contribution is -0.274. The number of aryl methyl sites for hydroxylation is 1. The van der Waals surface area contributed by atoms with Gasteiger partial charge in [0.1, 0.15) is 5.75 Å². The van der Waals surface area contributed by atoms with Gasteiger partial charge in [-0.2, -0.15) is 0 Å². The van der Waals surface area contributed by atoms with E-state index in [2.05, 4.69) is 35.8 Å². The second-order valence-corrected chi connectivity index (χ2v) is 7.70. The van der Waals surface area contributed by atoms with Crippen LogP contribution in [0.5, 0.6) is 5.75 Å². The van der Waals surface area contributed by atoms with Crippen LogP contribution >= 0.6 is 11.6 Å². The number of aliphatic imine (C=N–C) groups is 1. The van der Waals surface area contributed by atoms with Gasteiger partial charge in [0.15, 0.2) is 0 Å². The van der Waals surface area contributed by atoms with Gasteiger partial charge in [0.05, 0.1) is 0 Å². The van der Waals surface area contributed by atoms with Crippen molar-refractivity contribution in [1.29, 1.82) is 0 Å². The summed E-state index contributed by atoms with van der Waals surface area (Å²) in [5.74, 6) is 0.706. The van der Waals surface area contributed by atoms with Crippen molar-refractivity contribution in [3.8, 4) is 5.75 Å². The van der Waals surface area contributed by atoms with Gasteiger partial charge in [-0.1, -0.05) is 63.4 Å². The average molecular weight is 465 g/mol. The summed E-state index contributed by atoms with van der Waals surface area (Å²) in [6.45, 7) is 14.9. The van der Waals surface area contributed by atoms with Gasteiger partial charge >= 0.3 is 6.36 Å². The molecule has 0 spiro atoms. The first kappa shape index (κ1) is 31.7. The van der Waals surface area contributed by atoms with E-state index in [0.29, 0.717) is 0 Å². The van der Waals surface area contributed by atoms with Crippen LogP contribution in [0.15, 0.2) is 39.9 Å². The number of nitrogens with one attached hydrogen (secondary N) is 1. The number of ether oxygens (including phenoxy) is 1. The highest BCUT2D eigenvalue weighted by atomic mass is 35.5. The fraction of sp³-hybridized carbons (Fsp3) is 0.625. The van der Waals surface area contributed by atoms with E-state index in [1.807, 2.05) is 13.8 Å². The normalized spacial score (nSPS) is 12.9. The Balaban J connectivity index is 0. The van der Waals surface area contributed by atoms with E-state index in [1.54, 1.807) is 32.3 Å². The Bertz CT molecular complexity index is 614. The Kier molecular flexibility index (Phi) is 19.6. The number of hydrogen-bond acceptors (Lipinski definition) is 3. The number of hydrogen-bond donors (Lipinski definition) is 1. The Labute approximate surface area is 192 Å². The zero-order chi connectivity index (χ0) is 24.3. The molecule has 0 amide bonds. The SMILES string of the molecule is CC/C(Cl)=C(/C)C=NC.CCCNCCC(C)CC.Cc1ccc(OC(F)(F)F)cc1. The average Bonchev–Trinajstić information content (AvgIpc) is 2.72. The molecule has 1 aromatic rings. The van der Waals surface area contributed by atoms with Crippen molar-refractivity contribution >= 4 is 17.8 Å². The molecule has 0 aliphatic rings. The van der Waals surface area contributed by atoms with Crippen LogP contribution in [0.25, 0.3) is 0 Å². The van der Waals surface area contributed by atoms with Crippen molar-refractivity contribution in [3.63, 3.8) is 0 Å². The molecule has 0 heterocycles. The number of rotatable bonds is 9. The molecule has 31 heavy (non-hydrogen) atoms. The van der Waals surface area contributed by atoms with Crippen LogP contribution in [0.3, 0.4) is 0 Å². The summed E-state index contributed by atoms with van der Waals surface area (Å²) in [5, 5.41) is 4.29. The summed E-state index contributed by atoms with van der Waals surface area (Å²) >= 11 is 5.78. The monoisotopic (exact) mass is 464 g/mol. The first-order chi connectivity index (χ1) is 14.5. The molecule has 1 unspecified atom stereocenters. The van der Waals surface area contributed by atoms with Gasteiger partial charge in [-0.25, -0.2) is 0 Å². The van der Waals surface area contributed by atoms with Gasteiger partial charge in [-0.05, 0) is 69.8 Å². The number of allylic oxidation sites excluding steroid dienone is 2. The quantitative estimate of drug-likeness (QED) is 0.297. The molecule has 7 heteroatoms. The number of halogens is 4. The predicted octanol–water partition coefficient (Wildman–Crippen LogP) is 7.93. The maximum Gasteiger partial charge on any atom is 0.573 e. The van der Waals surface area contributed by atoms with Crippen molar-refractivity contribution in [2.75, 3.05) is 20.1 Å². The molecule has 0 aliphatic heterocycles. The summed E-state index contributed by atoms with van der Waals surface area (Å²) in [6, 6.07) is 5.67. The molecule has 1 rings (SSSR count). The molecule has 0 saturated heterocycles. The minimum Gasteiger partial charge on any atom is -0.406 e. The van der Waals surface area contributed by atoms with Crippen molar-refractivity contribution in [3.05, 3.63) is 40.4 Å². The first-order valence-electron chi connectivity index (χ1n) is 10.8. The van der Waals surface area contributed by atoms with Gasteiger partial charge < -0.3 is 10.1 Å². The van der Waals surface area contributed by atoms with Gasteiger partial charge in [0.25, 0.3) is 0 Å². The van der Waals surface area contributed by atoms with E-state index in [4.69, 9.17) is 11.6 Å². The largest absolute Gasteiger partial charge is 0.573 e. The molecule has 180 valence electrons. The Hall–Kier alpha value is -1.53. The Morgan fingerprint density at radius 3 is 2.16 bits per heavy atom. The Morgan fingerprint density at radius 1 is 1.16 bits per heavy atom. The molecule has 1 aromatic carbocycles. The van der Waals surface area contributed by atoms with E-state index in [0.717, 1.165) is 28.5 Å². The Morgan fingerprint density at radius 2 is 1.74 bits per heavy atom. The van der Waals surface area contributed by atoms with Gasteiger partial charge in [-0.3, -0.25) is 4.99 Å². The molecule has 0 saturated carbocycles. The van der Waals surface area contributed by atoms with E-state index >= 15 is 0 Å². The lowest BCUT2D eigenvalue weighted by Crippen LogP contribution is -2.17. The molecule has 0 bridgehead atoms. The summed E-state index contributed by atoms with van der Waals surface area (Å²) in [5.41, 5.74) is 1.95. The van der Waals surface area contributed by atoms with Crippen molar-refractivity contribution in [1.82, 2.24) is 5.32 Å². The van der Waals surface area contributed by atoms with Crippen molar-refractivity contribution < 1.29 is 17.9 Å². The number of nitrogens with zero attached hydrogens (tertiary/aromatic N) is 1. The van der Waals surface area contributed by atoms with Gasteiger partial charge in [0.2, 0.25) is 0 Å². The first-order valence-corrected chi connectivity index (χ1v) is 11.2.